The molecule has 0 bridgehead atoms. The van der Waals surface area contributed by atoms with Crippen LogP contribution in [0.5, 0.6) is 0 Å². The number of allylic oxidation sites excluding steroid dienone is 1. The maximum Gasteiger partial charge on any atom is 0.181 e. The number of benzene rings is 1. The minimum atomic E-state index is 0.250. The molecule has 88 heavy (non-hydrogen) atoms. The molecule has 1 fully saturated rings. The maximum atomic E-state index is 9.47. The van der Waals surface area contributed by atoms with Crippen molar-refractivity contribution in [1.29, 1.82) is 5.26 Å². The Morgan fingerprint density at radius 2 is 1.39 bits per heavy atom. The third kappa shape index (κ3) is 13.4. The van der Waals surface area contributed by atoms with Gasteiger partial charge in [-0.15, -0.1) is 0 Å². The number of nitrogens with zero attached hydrogens (tertiary/aromatic N) is 20. The molecule has 1 atom stereocenters. The van der Waals surface area contributed by atoms with E-state index >= 15 is 0 Å². The molecule has 0 radical (unpaired) electrons. The predicted octanol–water partition coefficient (Wildman–Crippen LogP) is 10.4. The van der Waals surface area contributed by atoms with Crippen molar-refractivity contribution in [3.05, 3.63) is 165 Å². The fourth-order valence-electron chi connectivity index (χ4n) is 10.1. The lowest BCUT2D eigenvalue weighted by molar-refractivity contribution is 0.510. The van der Waals surface area contributed by atoms with Crippen LogP contribution in [0.25, 0.3) is 50.7 Å². The molecule has 13 rings (SSSR count). The molecule has 1 aliphatic heterocycles. The number of hydrogen-bond acceptors (Lipinski definition) is 21. The van der Waals surface area contributed by atoms with Crippen LogP contribution in [0.2, 0.25) is 0 Å². The van der Waals surface area contributed by atoms with Crippen molar-refractivity contribution in [3.63, 3.8) is 0 Å². The number of rotatable bonds is 19. The molecule has 0 amide bonds. The summed E-state index contributed by atoms with van der Waals surface area (Å²) in [5, 5.41) is 40.2. The molecule has 0 aliphatic carbocycles. The van der Waals surface area contributed by atoms with Crippen LogP contribution in [-0.2, 0) is 20.5 Å². The van der Waals surface area contributed by atoms with Crippen LogP contribution in [-0.4, -0.2) is 115 Å². The molecule has 1 saturated heterocycles. The smallest absolute Gasteiger partial charge is 0.181 e. The molecule has 11 aromatic heterocycles. The van der Waals surface area contributed by atoms with Crippen molar-refractivity contribution in [2.75, 3.05) is 59.1 Å². The first-order chi connectivity index (χ1) is 43.0. The van der Waals surface area contributed by atoms with Gasteiger partial charge in [0.1, 0.15) is 16.1 Å². The van der Waals surface area contributed by atoms with Crippen molar-refractivity contribution in [2.45, 2.75) is 65.2 Å². The second-order valence-electron chi connectivity index (χ2n) is 20.9. The summed E-state index contributed by atoms with van der Waals surface area (Å²) in [6.45, 7) is 13.4. The number of nitriles is 1. The maximum absolute atomic E-state index is 9.47. The monoisotopic (exact) mass is 1220 g/mol. The van der Waals surface area contributed by atoms with E-state index in [0.717, 1.165) is 142 Å². The zero-order valence-electron chi connectivity index (χ0n) is 49.9. The fourth-order valence-corrected chi connectivity index (χ4v) is 11.5. The Kier molecular flexibility index (Phi) is 18.6. The highest BCUT2D eigenvalue weighted by Gasteiger charge is 2.25. The van der Waals surface area contributed by atoms with Gasteiger partial charge in [-0.2, -0.15) is 34.1 Å². The van der Waals surface area contributed by atoms with Crippen LogP contribution in [0.1, 0.15) is 74.6 Å². The topological polar surface area (TPSA) is 274 Å². The summed E-state index contributed by atoms with van der Waals surface area (Å²) in [5.41, 5.74) is 18.7. The van der Waals surface area contributed by atoms with Crippen molar-refractivity contribution in [3.8, 4) is 39.8 Å². The van der Waals surface area contributed by atoms with Gasteiger partial charge in [0.25, 0.3) is 0 Å². The van der Waals surface area contributed by atoms with Gasteiger partial charge in [0.05, 0.1) is 77.5 Å². The normalized spacial score (nSPS) is 13.3. The number of imidazole rings is 3. The second-order valence-corrected chi connectivity index (χ2v) is 22.5. The molecule has 12 heterocycles. The third-order valence-electron chi connectivity index (χ3n) is 14.6. The van der Waals surface area contributed by atoms with Crippen LogP contribution >= 0.6 is 23.1 Å². The van der Waals surface area contributed by atoms with Gasteiger partial charge in [0.15, 0.2) is 40.1 Å². The Hall–Kier alpha value is -10.1. The van der Waals surface area contributed by atoms with E-state index in [-0.39, 0.29) is 11.6 Å². The average Bonchev–Trinajstić information content (AvgIpc) is 2.88. The van der Waals surface area contributed by atoms with Crippen LogP contribution in [0.15, 0.2) is 142 Å². The third-order valence-corrected chi connectivity index (χ3v) is 16.1. The molecule has 27 heteroatoms. The highest BCUT2D eigenvalue weighted by atomic mass is 32.1. The van der Waals surface area contributed by atoms with Crippen molar-refractivity contribution in [1.82, 2.24) is 86.6 Å². The van der Waals surface area contributed by atoms with Gasteiger partial charge in [-0.3, -0.25) is 27.6 Å². The molecular weight excluding hydrogens is 1150 g/mol. The standard InChI is InChI=1S/C35H38N16S2.C23H22N8.C3H9N/c1-22-12-30(52-45-22)44-33-35-39-17-29(50(35)21-26(42-33)7-5-8-36)25-15-41-51(20-25)48-10-4-3-6-23(19-48)27-13-31(53-46-27)43-32-34-38-16-28(49(34)11-9-37-32)24-14-40-47(2)18-24;1-4-6-11-30(5-2)20-9-7-18(8-10-20)27-22-23-25-14-21(17-13-26-29(3)15-17)31(23)16-19(12-24)28-22;1-3-4-2/h9,11-18,20-21,23H,3-8,10,19,36H2,1-2H3,(H,37,43)(H,42,44);5-11,13-16H,2,4H2,1,3H3,(H,27,28);4H,3H2,1-2H3/b;11-6-;. The molecule has 450 valence electrons. The summed E-state index contributed by atoms with van der Waals surface area (Å²) in [4.78, 5) is 31.9. The molecule has 0 saturated carbocycles. The molecule has 1 aromatic carbocycles. The molecule has 0 spiro atoms. The minimum absolute atomic E-state index is 0.250. The second kappa shape index (κ2) is 27.5. The first-order valence-corrected chi connectivity index (χ1v) is 30.6. The van der Waals surface area contributed by atoms with Crippen LogP contribution in [0.3, 0.4) is 0 Å². The summed E-state index contributed by atoms with van der Waals surface area (Å²) in [7, 11) is 5.70. The van der Waals surface area contributed by atoms with E-state index in [0.29, 0.717) is 29.6 Å². The number of fused-ring (bicyclic) bond motifs is 3. The summed E-state index contributed by atoms with van der Waals surface area (Å²) >= 11 is 2.86. The summed E-state index contributed by atoms with van der Waals surface area (Å²) in [6.07, 6.45) is 36.1. The lowest BCUT2D eigenvalue weighted by Crippen LogP contribution is -2.37. The highest BCUT2D eigenvalue weighted by molar-refractivity contribution is 7.10. The van der Waals surface area contributed by atoms with E-state index in [1.165, 1.54) is 23.1 Å². The van der Waals surface area contributed by atoms with Crippen LogP contribution < -0.4 is 36.9 Å². The summed E-state index contributed by atoms with van der Waals surface area (Å²) in [5.74, 6) is 2.13. The number of nitrogens with two attached hydrogens (primary N) is 1. The van der Waals surface area contributed by atoms with Gasteiger partial charge in [-0.25, -0.2) is 29.9 Å². The number of aromatic nitrogens is 17. The van der Waals surface area contributed by atoms with Gasteiger partial charge in [0.2, 0.25) is 0 Å². The molecule has 1 aliphatic rings. The Balaban J connectivity index is 0.000000194. The molecule has 12 aromatic rings. The van der Waals surface area contributed by atoms with E-state index < -0.39 is 0 Å². The molecule has 1 unspecified atom stereocenters. The zero-order valence-corrected chi connectivity index (χ0v) is 51.5. The predicted molar refractivity (Wildman–Crippen MR) is 348 cm³/mol. The number of nitrogens with one attached hydrogen (secondary N) is 4. The first-order valence-electron chi connectivity index (χ1n) is 29.0. The first kappa shape index (κ1) is 59.6. The fraction of sp³-hybridized carbons (Fsp3) is 0.279. The number of anilines is 7. The summed E-state index contributed by atoms with van der Waals surface area (Å²) in [6, 6.07) is 14.2. The van der Waals surface area contributed by atoms with Crippen LogP contribution in [0.4, 0.5) is 38.8 Å². The highest BCUT2D eigenvalue weighted by Crippen LogP contribution is 2.34. The van der Waals surface area contributed by atoms with Gasteiger partial charge in [-0.1, -0.05) is 32.9 Å². The molecule has 25 nitrogen and oxygen atoms in total. The Morgan fingerprint density at radius 3 is 2.02 bits per heavy atom. The Bertz CT molecular complexity index is 4370. The Morgan fingerprint density at radius 1 is 0.750 bits per heavy atom. The van der Waals surface area contributed by atoms with E-state index in [2.05, 4.69) is 116 Å². The minimum Gasteiger partial charge on any atom is -0.337 e. The summed E-state index contributed by atoms with van der Waals surface area (Å²) < 4.78 is 18.8. The van der Waals surface area contributed by atoms with Crippen molar-refractivity contribution >= 4 is 78.8 Å². The van der Waals surface area contributed by atoms with Gasteiger partial charge >= 0.3 is 0 Å². The van der Waals surface area contributed by atoms with Crippen LogP contribution in [0, 0.1) is 18.3 Å². The number of aryl methyl sites for hydroxylation is 4. The lowest BCUT2D eigenvalue weighted by Gasteiger charge is -2.25. The largest absolute Gasteiger partial charge is 0.337 e. The molecule has 6 N–H and O–H groups in total. The van der Waals surface area contributed by atoms with Gasteiger partial charge < -0.3 is 31.9 Å². The van der Waals surface area contributed by atoms with E-state index in [4.69, 9.17) is 25.2 Å². The van der Waals surface area contributed by atoms with E-state index in [1.807, 2.05) is 126 Å². The average molecular weight is 1220 g/mol. The SMILES string of the molecule is C=CN(/C=C\CC)c1ccc(Nc2nc(C#N)cn3c(-c4cnn(C)c4)cnc23)cc1.CCNC.Cc1cc(Nc2nc(CCCN)cn3c(-c4cnn(N5CCCCC(c6cc(Nc7nccn8c(-c9cnn(C)c9)cnc78)sn6)C5)c4)cnc23)sn1. The van der Waals surface area contributed by atoms with Gasteiger partial charge in [0, 0.05) is 111 Å². The Labute approximate surface area is 516 Å². The zero-order chi connectivity index (χ0) is 61.1. The number of hydrogen-bond donors (Lipinski definition) is 5. The van der Waals surface area contributed by atoms with E-state index in [1.54, 1.807) is 40.4 Å². The van der Waals surface area contributed by atoms with Crippen molar-refractivity contribution in [2.24, 2.45) is 19.8 Å². The quantitative estimate of drug-likeness (QED) is 0.0503. The van der Waals surface area contributed by atoms with E-state index in [9.17, 15) is 5.26 Å². The van der Waals surface area contributed by atoms with Gasteiger partial charge in [-0.05, 0) is 119 Å². The van der Waals surface area contributed by atoms with Crippen molar-refractivity contribution < 1.29 is 0 Å². The molecular formula is C61H69N25S2. The lowest BCUT2D eigenvalue weighted by atomic mass is 10.00.